The average molecular weight is 360 g/mol. The molecule has 8 nitrogen and oxygen atoms in total. The van der Waals surface area contributed by atoms with Gasteiger partial charge in [0.05, 0.1) is 24.6 Å². The maximum atomic E-state index is 12.3. The second kappa shape index (κ2) is 6.78. The van der Waals surface area contributed by atoms with Crippen LogP contribution in [0.5, 0.6) is 0 Å². The van der Waals surface area contributed by atoms with Crippen molar-refractivity contribution in [3.05, 3.63) is 64.7 Å². The highest BCUT2D eigenvalue weighted by molar-refractivity contribution is 6.30. The highest BCUT2D eigenvalue weighted by Gasteiger charge is 2.22. The van der Waals surface area contributed by atoms with Gasteiger partial charge in [-0.2, -0.15) is 10.2 Å². The molecule has 2 heterocycles. The third kappa shape index (κ3) is 3.69. The van der Waals surface area contributed by atoms with E-state index in [2.05, 4.69) is 15.5 Å². The molecule has 9 heteroatoms. The summed E-state index contributed by atoms with van der Waals surface area (Å²) in [5.41, 5.74) is 1.22. The summed E-state index contributed by atoms with van der Waals surface area (Å²) in [6, 6.07) is 7.38. The summed E-state index contributed by atoms with van der Waals surface area (Å²) >= 11 is 5.95. The molecule has 0 saturated heterocycles. The number of hydrogen-bond acceptors (Lipinski definition) is 4. The molecule has 3 aromatic rings. The molecule has 0 spiro atoms. The number of nitrogens with zero attached hydrogens (tertiary/aromatic N) is 4. The van der Waals surface area contributed by atoms with Crippen LogP contribution in [0, 0.1) is 0 Å². The molecule has 3 rings (SSSR count). The number of carbonyl (C=O) groups excluding carboxylic acids is 1. The molecule has 0 aliphatic heterocycles. The molecule has 1 aromatic carbocycles. The summed E-state index contributed by atoms with van der Waals surface area (Å²) in [4.78, 5) is 23.5. The summed E-state index contributed by atoms with van der Waals surface area (Å²) in [5, 5.41) is 20.4. The molecule has 0 bridgehead atoms. The predicted molar refractivity (Wildman–Crippen MR) is 90.9 cm³/mol. The van der Waals surface area contributed by atoms with Gasteiger partial charge in [0.15, 0.2) is 0 Å². The first-order valence-corrected chi connectivity index (χ1v) is 7.65. The minimum absolute atomic E-state index is 0.0323. The molecule has 0 atom stereocenters. The van der Waals surface area contributed by atoms with Crippen molar-refractivity contribution >= 4 is 29.2 Å². The predicted octanol–water partition coefficient (Wildman–Crippen LogP) is 2.27. The number of amides is 1. The van der Waals surface area contributed by atoms with Crippen molar-refractivity contribution in [2.75, 3.05) is 5.32 Å². The van der Waals surface area contributed by atoms with Crippen LogP contribution in [0.4, 0.5) is 5.69 Å². The van der Waals surface area contributed by atoms with Crippen molar-refractivity contribution < 1.29 is 14.7 Å². The summed E-state index contributed by atoms with van der Waals surface area (Å²) in [6.45, 7) is 0.489. The highest BCUT2D eigenvalue weighted by atomic mass is 35.5. The number of carboxylic acids is 1. The largest absolute Gasteiger partial charge is 0.478 e. The molecule has 0 fully saturated rings. The maximum Gasteiger partial charge on any atom is 0.339 e. The van der Waals surface area contributed by atoms with Gasteiger partial charge in [-0.25, -0.2) is 4.79 Å². The van der Waals surface area contributed by atoms with Crippen LogP contribution in [-0.2, 0) is 13.6 Å². The third-order valence-electron chi connectivity index (χ3n) is 3.51. The normalized spacial score (nSPS) is 10.6. The van der Waals surface area contributed by atoms with Gasteiger partial charge >= 0.3 is 5.97 Å². The second-order valence-electron chi connectivity index (χ2n) is 5.35. The van der Waals surface area contributed by atoms with Crippen LogP contribution in [0.2, 0.25) is 5.02 Å². The Morgan fingerprint density at radius 3 is 2.80 bits per heavy atom. The zero-order chi connectivity index (χ0) is 18.0. The van der Waals surface area contributed by atoms with Gasteiger partial charge in [-0.3, -0.25) is 14.2 Å². The first-order chi connectivity index (χ1) is 11.9. The van der Waals surface area contributed by atoms with Gasteiger partial charge in [0.25, 0.3) is 5.91 Å². The first-order valence-electron chi connectivity index (χ1n) is 7.27. The number of benzene rings is 1. The fraction of sp³-hybridized carbons (Fsp3) is 0.125. The smallest absolute Gasteiger partial charge is 0.339 e. The van der Waals surface area contributed by atoms with E-state index >= 15 is 0 Å². The Bertz CT molecular complexity index is 947. The summed E-state index contributed by atoms with van der Waals surface area (Å²) in [5.74, 6) is -1.78. The van der Waals surface area contributed by atoms with Crippen LogP contribution in [-0.4, -0.2) is 36.5 Å². The molecule has 0 unspecified atom stereocenters. The number of nitrogens with one attached hydrogen (secondary N) is 1. The Kier molecular flexibility index (Phi) is 4.53. The van der Waals surface area contributed by atoms with E-state index in [-0.39, 0.29) is 11.3 Å². The van der Waals surface area contributed by atoms with E-state index in [0.717, 1.165) is 11.8 Å². The molecule has 128 valence electrons. The molecule has 0 aliphatic carbocycles. The van der Waals surface area contributed by atoms with Gasteiger partial charge in [-0.05, 0) is 17.7 Å². The second-order valence-corrected chi connectivity index (χ2v) is 5.78. The van der Waals surface area contributed by atoms with Gasteiger partial charge in [0, 0.05) is 18.3 Å². The molecule has 1 amide bonds. The number of aromatic carboxylic acids is 1. The number of aromatic nitrogens is 4. The quantitative estimate of drug-likeness (QED) is 0.727. The van der Waals surface area contributed by atoms with Crippen molar-refractivity contribution in [1.29, 1.82) is 0 Å². The van der Waals surface area contributed by atoms with Crippen molar-refractivity contribution in [3.63, 3.8) is 0 Å². The standard InChI is InChI=1S/C16H14ClN5O3/c1-21-14(13(7-18-21)16(24)25)15(23)20-12-6-19-22(9-12)8-10-3-2-4-11(17)5-10/h2-7,9H,8H2,1H3,(H,20,23)(H,24,25). The number of carbonyl (C=O) groups is 2. The van der Waals surface area contributed by atoms with E-state index in [0.29, 0.717) is 17.3 Å². The minimum atomic E-state index is -1.21. The van der Waals surface area contributed by atoms with Gasteiger partial charge in [-0.1, -0.05) is 23.7 Å². The van der Waals surface area contributed by atoms with Gasteiger partial charge < -0.3 is 10.4 Å². The van der Waals surface area contributed by atoms with E-state index < -0.39 is 11.9 Å². The Morgan fingerprint density at radius 2 is 2.08 bits per heavy atom. The molecule has 0 saturated carbocycles. The van der Waals surface area contributed by atoms with Gasteiger partial charge in [0.2, 0.25) is 0 Å². The average Bonchev–Trinajstić information content (AvgIpc) is 3.14. The topological polar surface area (TPSA) is 102 Å². The van der Waals surface area contributed by atoms with E-state index in [9.17, 15) is 9.59 Å². The molecular weight excluding hydrogens is 346 g/mol. The molecule has 25 heavy (non-hydrogen) atoms. The third-order valence-corrected chi connectivity index (χ3v) is 3.74. The van der Waals surface area contributed by atoms with E-state index in [1.54, 1.807) is 16.9 Å². The molecule has 0 radical (unpaired) electrons. The number of hydrogen-bond donors (Lipinski definition) is 2. The summed E-state index contributed by atoms with van der Waals surface area (Å²) in [7, 11) is 1.50. The van der Waals surface area contributed by atoms with Gasteiger partial charge in [-0.15, -0.1) is 0 Å². The summed E-state index contributed by atoms with van der Waals surface area (Å²) in [6.07, 6.45) is 4.27. The number of halogens is 1. The lowest BCUT2D eigenvalue weighted by molar-refractivity contribution is 0.0692. The van der Waals surface area contributed by atoms with Crippen LogP contribution in [0.15, 0.2) is 42.9 Å². The monoisotopic (exact) mass is 359 g/mol. The first kappa shape index (κ1) is 16.7. The number of aryl methyl sites for hydroxylation is 1. The lowest BCUT2D eigenvalue weighted by Crippen LogP contribution is -2.19. The van der Waals surface area contributed by atoms with E-state index in [1.807, 2.05) is 18.2 Å². The van der Waals surface area contributed by atoms with Crippen LogP contribution in [0.3, 0.4) is 0 Å². The number of carboxylic acid groups (broad SMARTS) is 1. The number of anilines is 1. The number of rotatable bonds is 5. The fourth-order valence-corrected chi connectivity index (χ4v) is 2.60. The Hall–Kier alpha value is -3.13. The van der Waals surface area contributed by atoms with Crippen LogP contribution >= 0.6 is 11.6 Å². The molecular formula is C16H14ClN5O3. The zero-order valence-corrected chi connectivity index (χ0v) is 13.9. The molecule has 2 N–H and O–H groups in total. The minimum Gasteiger partial charge on any atom is -0.478 e. The van der Waals surface area contributed by atoms with Crippen molar-refractivity contribution in [3.8, 4) is 0 Å². The van der Waals surface area contributed by atoms with Crippen molar-refractivity contribution in [1.82, 2.24) is 19.6 Å². The highest BCUT2D eigenvalue weighted by Crippen LogP contribution is 2.15. The fourth-order valence-electron chi connectivity index (χ4n) is 2.39. The Labute approximate surface area is 147 Å². The van der Waals surface area contributed by atoms with Crippen LogP contribution in [0.25, 0.3) is 0 Å². The lowest BCUT2D eigenvalue weighted by atomic mass is 10.2. The lowest BCUT2D eigenvalue weighted by Gasteiger charge is -2.04. The van der Waals surface area contributed by atoms with E-state index in [1.165, 1.54) is 17.9 Å². The van der Waals surface area contributed by atoms with E-state index in [4.69, 9.17) is 16.7 Å². The maximum absolute atomic E-state index is 12.3. The molecule has 0 aliphatic rings. The summed E-state index contributed by atoms with van der Waals surface area (Å²) < 4.78 is 2.86. The van der Waals surface area contributed by atoms with Gasteiger partial charge in [0.1, 0.15) is 11.3 Å². The Morgan fingerprint density at radius 1 is 1.28 bits per heavy atom. The molecule has 2 aromatic heterocycles. The van der Waals surface area contributed by atoms with Crippen molar-refractivity contribution in [2.45, 2.75) is 6.54 Å². The van der Waals surface area contributed by atoms with Crippen molar-refractivity contribution in [2.24, 2.45) is 7.05 Å². The zero-order valence-electron chi connectivity index (χ0n) is 13.2. The van der Waals surface area contributed by atoms with Crippen LogP contribution < -0.4 is 5.32 Å². The SMILES string of the molecule is Cn1ncc(C(=O)O)c1C(=O)Nc1cnn(Cc2cccc(Cl)c2)c1. The Balaban J connectivity index is 1.74. The van der Waals surface area contributed by atoms with Crippen LogP contribution in [0.1, 0.15) is 26.4 Å².